The van der Waals surface area contributed by atoms with Crippen molar-refractivity contribution in [2.75, 3.05) is 13.7 Å². The van der Waals surface area contributed by atoms with Crippen LogP contribution < -0.4 is 5.32 Å². The van der Waals surface area contributed by atoms with Crippen LogP contribution >= 0.6 is 0 Å². The summed E-state index contributed by atoms with van der Waals surface area (Å²) in [5.74, 6) is 0. The van der Waals surface area contributed by atoms with Crippen LogP contribution in [-0.4, -0.2) is 13.7 Å². The zero-order chi connectivity index (χ0) is 12.3. The average Bonchev–Trinajstić information content (AvgIpc) is 2.35. The van der Waals surface area contributed by atoms with E-state index in [9.17, 15) is 0 Å². The van der Waals surface area contributed by atoms with Crippen LogP contribution in [0.3, 0.4) is 0 Å². The van der Waals surface area contributed by atoms with Crippen LogP contribution in [0.2, 0.25) is 0 Å². The SMILES string of the molecule is CCCCCCNCc1cccc(COC)c1. The molecular weight excluding hydrogens is 210 g/mol. The Morgan fingerprint density at radius 3 is 2.71 bits per heavy atom. The van der Waals surface area contributed by atoms with E-state index in [4.69, 9.17) is 4.74 Å². The van der Waals surface area contributed by atoms with Gasteiger partial charge in [-0.05, 0) is 24.1 Å². The molecule has 1 aromatic rings. The van der Waals surface area contributed by atoms with Gasteiger partial charge in [-0.25, -0.2) is 0 Å². The molecule has 0 saturated carbocycles. The average molecular weight is 235 g/mol. The highest BCUT2D eigenvalue weighted by Gasteiger charge is 1.95. The molecule has 0 aliphatic rings. The molecule has 0 aliphatic heterocycles. The molecule has 0 aromatic heterocycles. The second-order valence-corrected chi connectivity index (χ2v) is 4.49. The smallest absolute Gasteiger partial charge is 0.0713 e. The van der Waals surface area contributed by atoms with Crippen LogP contribution in [0.1, 0.15) is 43.7 Å². The van der Waals surface area contributed by atoms with Gasteiger partial charge in [-0.15, -0.1) is 0 Å². The number of ether oxygens (including phenoxy) is 1. The van der Waals surface area contributed by atoms with Crippen molar-refractivity contribution in [3.63, 3.8) is 0 Å². The molecule has 0 fully saturated rings. The fourth-order valence-corrected chi connectivity index (χ4v) is 1.91. The molecule has 17 heavy (non-hydrogen) atoms. The second kappa shape index (κ2) is 9.20. The third-order valence-electron chi connectivity index (χ3n) is 2.84. The first-order valence-corrected chi connectivity index (χ1v) is 6.64. The van der Waals surface area contributed by atoms with Gasteiger partial charge in [0.2, 0.25) is 0 Å². The van der Waals surface area contributed by atoms with Crippen LogP contribution in [0, 0.1) is 0 Å². The third-order valence-corrected chi connectivity index (χ3v) is 2.84. The van der Waals surface area contributed by atoms with Crippen LogP contribution in [0.15, 0.2) is 24.3 Å². The van der Waals surface area contributed by atoms with Gasteiger partial charge in [0.25, 0.3) is 0 Å². The molecule has 1 aromatic carbocycles. The van der Waals surface area contributed by atoms with E-state index in [1.807, 2.05) is 0 Å². The van der Waals surface area contributed by atoms with E-state index in [-0.39, 0.29) is 0 Å². The maximum atomic E-state index is 5.13. The molecule has 0 saturated heterocycles. The first-order valence-electron chi connectivity index (χ1n) is 6.64. The fraction of sp³-hybridized carbons (Fsp3) is 0.600. The van der Waals surface area contributed by atoms with E-state index in [1.54, 1.807) is 7.11 Å². The van der Waals surface area contributed by atoms with Gasteiger partial charge in [-0.3, -0.25) is 0 Å². The molecule has 0 heterocycles. The van der Waals surface area contributed by atoms with Gasteiger partial charge in [-0.2, -0.15) is 0 Å². The Morgan fingerprint density at radius 2 is 1.94 bits per heavy atom. The molecule has 1 N–H and O–H groups in total. The highest BCUT2D eigenvalue weighted by molar-refractivity contribution is 5.22. The van der Waals surface area contributed by atoms with E-state index >= 15 is 0 Å². The summed E-state index contributed by atoms with van der Waals surface area (Å²) in [7, 11) is 1.73. The Morgan fingerprint density at radius 1 is 1.12 bits per heavy atom. The van der Waals surface area contributed by atoms with E-state index in [2.05, 4.69) is 36.5 Å². The lowest BCUT2D eigenvalue weighted by Crippen LogP contribution is -2.14. The van der Waals surface area contributed by atoms with Crippen molar-refractivity contribution in [1.29, 1.82) is 0 Å². The predicted octanol–water partition coefficient (Wildman–Crippen LogP) is 3.50. The molecular formula is C15H25NO. The van der Waals surface area contributed by atoms with Gasteiger partial charge in [0.15, 0.2) is 0 Å². The van der Waals surface area contributed by atoms with Crippen molar-refractivity contribution < 1.29 is 4.74 Å². The summed E-state index contributed by atoms with van der Waals surface area (Å²) in [5.41, 5.74) is 2.59. The first-order chi connectivity index (χ1) is 8.36. The second-order valence-electron chi connectivity index (χ2n) is 4.49. The molecule has 0 aliphatic carbocycles. The zero-order valence-electron chi connectivity index (χ0n) is 11.2. The summed E-state index contributed by atoms with van der Waals surface area (Å²) >= 11 is 0. The summed E-state index contributed by atoms with van der Waals surface area (Å²) in [4.78, 5) is 0. The summed E-state index contributed by atoms with van der Waals surface area (Å²) in [5, 5.41) is 3.49. The van der Waals surface area contributed by atoms with Crippen molar-refractivity contribution in [3.05, 3.63) is 35.4 Å². The molecule has 0 unspecified atom stereocenters. The summed E-state index contributed by atoms with van der Waals surface area (Å²) < 4.78 is 5.13. The van der Waals surface area contributed by atoms with E-state index < -0.39 is 0 Å². The molecule has 0 spiro atoms. The summed E-state index contributed by atoms with van der Waals surface area (Å²) in [6.07, 6.45) is 5.28. The van der Waals surface area contributed by atoms with E-state index in [0.29, 0.717) is 6.61 Å². The summed E-state index contributed by atoms with van der Waals surface area (Å²) in [6.45, 7) is 5.03. The molecule has 0 atom stereocenters. The van der Waals surface area contributed by atoms with Crippen molar-refractivity contribution in [2.24, 2.45) is 0 Å². The molecule has 96 valence electrons. The number of hydrogen-bond donors (Lipinski definition) is 1. The standard InChI is InChI=1S/C15H25NO/c1-3-4-5-6-10-16-12-14-8-7-9-15(11-14)13-17-2/h7-9,11,16H,3-6,10,12-13H2,1-2H3. The molecule has 0 amide bonds. The third kappa shape index (κ3) is 6.44. The zero-order valence-corrected chi connectivity index (χ0v) is 11.2. The van der Waals surface area contributed by atoms with Gasteiger partial charge in [0, 0.05) is 13.7 Å². The normalized spacial score (nSPS) is 10.7. The lowest BCUT2D eigenvalue weighted by molar-refractivity contribution is 0.185. The quantitative estimate of drug-likeness (QED) is 0.661. The Bertz CT molecular complexity index is 299. The lowest BCUT2D eigenvalue weighted by Gasteiger charge is -2.06. The first kappa shape index (κ1) is 14.2. The van der Waals surface area contributed by atoms with Crippen LogP contribution in [-0.2, 0) is 17.9 Å². The number of hydrogen-bond acceptors (Lipinski definition) is 2. The van der Waals surface area contributed by atoms with Gasteiger partial charge < -0.3 is 10.1 Å². The fourth-order valence-electron chi connectivity index (χ4n) is 1.91. The Labute approximate surface area is 105 Å². The van der Waals surface area contributed by atoms with Crippen LogP contribution in [0.4, 0.5) is 0 Å². The van der Waals surface area contributed by atoms with Gasteiger partial charge in [-0.1, -0.05) is 50.5 Å². The number of benzene rings is 1. The van der Waals surface area contributed by atoms with Gasteiger partial charge >= 0.3 is 0 Å². The highest BCUT2D eigenvalue weighted by Crippen LogP contribution is 2.06. The molecule has 2 nitrogen and oxygen atoms in total. The Balaban J connectivity index is 2.19. The van der Waals surface area contributed by atoms with Crippen LogP contribution in [0.25, 0.3) is 0 Å². The predicted molar refractivity (Wildman–Crippen MR) is 73.0 cm³/mol. The van der Waals surface area contributed by atoms with E-state index in [1.165, 1.54) is 36.8 Å². The molecule has 2 heteroatoms. The Kier molecular flexibility index (Phi) is 7.69. The summed E-state index contributed by atoms with van der Waals surface area (Å²) in [6, 6.07) is 8.58. The molecule has 0 radical (unpaired) electrons. The number of nitrogens with one attached hydrogen (secondary N) is 1. The van der Waals surface area contributed by atoms with Gasteiger partial charge in [0.1, 0.15) is 0 Å². The topological polar surface area (TPSA) is 21.3 Å². The molecule has 0 bridgehead atoms. The number of rotatable bonds is 9. The maximum Gasteiger partial charge on any atom is 0.0713 e. The minimum atomic E-state index is 0.699. The Hall–Kier alpha value is -0.860. The monoisotopic (exact) mass is 235 g/mol. The number of unbranched alkanes of at least 4 members (excludes halogenated alkanes) is 3. The van der Waals surface area contributed by atoms with E-state index in [0.717, 1.165) is 13.1 Å². The van der Waals surface area contributed by atoms with Gasteiger partial charge in [0.05, 0.1) is 6.61 Å². The van der Waals surface area contributed by atoms with Crippen molar-refractivity contribution >= 4 is 0 Å². The molecule has 1 rings (SSSR count). The van der Waals surface area contributed by atoms with Crippen molar-refractivity contribution in [2.45, 2.75) is 45.8 Å². The van der Waals surface area contributed by atoms with Crippen LogP contribution in [0.5, 0.6) is 0 Å². The minimum absolute atomic E-state index is 0.699. The minimum Gasteiger partial charge on any atom is -0.380 e. The largest absolute Gasteiger partial charge is 0.380 e. The maximum absolute atomic E-state index is 5.13. The van der Waals surface area contributed by atoms with Crippen molar-refractivity contribution in [3.8, 4) is 0 Å². The number of methoxy groups -OCH3 is 1. The van der Waals surface area contributed by atoms with Crippen molar-refractivity contribution in [1.82, 2.24) is 5.32 Å². The lowest BCUT2D eigenvalue weighted by atomic mass is 10.1. The highest BCUT2D eigenvalue weighted by atomic mass is 16.5.